The number of ether oxygens (including phenoxy) is 1. The average molecular weight is 317 g/mol. The van der Waals surface area contributed by atoms with Gasteiger partial charge in [0.2, 0.25) is 0 Å². The highest BCUT2D eigenvalue weighted by atomic mass is 35.5. The van der Waals surface area contributed by atoms with Crippen LogP contribution in [0.4, 0.5) is 0 Å². The molecule has 2 aromatic rings. The molecule has 0 bridgehead atoms. The van der Waals surface area contributed by atoms with Crippen molar-refractivity contribution in [1.29, 1.82) is 0 Å². The van der Waals surface area contributed by atoms with E-state index in [4.69, 9.17) is 16.3 Å². The largest absolute Gasteiger partial charge is 0.423 e. The topological polar surface area (TPSA) is 43.4 Å². The van der Waals surface area contributed by atoms with Crippen LogP contribution < -0.4 is 4.74 Å². The second-order valence-corrected chi connectivity index (χ2v) is 6.33. The third-order valence-electron chi connectivity index (χ3n) is 3.25. The summed E-state index contributed by atoms with van der Waals surface area (Å²) in [6, 6.07) is 13.5. The summed E-state index contributed by atoms with van der Waals surface area (Å²) >= 11 is 5.38. The van der Waals surface area contributed by atoms with Gasteiger partial charge in [0, 0.05) is 11.1 Å². The molecule has 2 aromatic carbocycles. The molecule has 0 spiro atoms. The minimum absolute atomic E-state index is 0.133. The van der Waals surface area contributed by atoms with Crippen molar-refractivity contribution < 1.29 is 14.3 Å². The molecule has 0 saturated heterocycles. The lowest BCUT2D eigenvalue weighted by Gasteiger charge is -2.22. The molecule has 114 valence electrons. The molecule has 22 heavy (non-hydrogen) atoms. The maximum absolute atomic E-state index is 12.2. The zero-order valence-corrected chi connectivity index (χ0v) is 13.5. The molecular formula is C18H17ClO3. The molecule has 4 heteroatoms. The standard InChI is InChI=1S/C18H17ClO3/c1-18(2,3)14-6-4-5-7-15(14)22-17(21)13-10-8-12(9-11-13)16(19)20/h4-11H,1-3H3. The minimum Gasteiger partial charge on any atom is -0.423 e. The van der Waals surface area contributed by atoms with Crippen LogP contribution in [0, 0.1) is 0 Å². The van der Waals surface area contributed by atoms with Crippen molar-refractivity contribution in [2.24, 2.45) is 0 Å². The van der Waals surface area contributed by atoms with E-state index in [1.54, 1.807) is 6.07 Å². The molecule has 0 aliphatic rings. The first-order valence-electron chi connectivity index (χ1n) is 6.90. The van der Waals surface area contributed by atoms with E-state index < -0.39 is 11.2 Å². The molecule has 0 atom stereocenters. The summed E-state index contributed by atoms with van der Waals surface area (Å²) < 4.78 is 5.50. The van der Waals surface area contributed by atoms with Crippen molar-refractivity contribution in [3.05, 3.63) is 65.2 Å². The Labute approximate surface area is 134 Å². The maximum atomic E-state index is 12.2. The molecule has 0 N–H and O–H groups in total. The van der Waals surface area contributed by atoms with E-state index in [9.17, 15) is 9.59 Å². The van der Waals surface area contributed by atoms with Crippen molar-refractivity contribution in [2.45, 2.75) is 26.2 Å². The third-order valence-corrected chi connectivity index (χ3v) is 3.46. The highest BCUT2D eigenvalue weighted by Crippen LogP contribution is 2.31. The van der Waals surface area contributed by atoms with Gasteiger partial charge in [-0.05, 0) is 47.3 Å². The number of rotatable bonds is 3. The van der Waals surface area contributed by atoms with Crippen LogP contribution in [0.5, 0.6) is 5.75 Å². The summed E-state index contributed by atoms with van der Waals surface area (Å²) in [4.78, 5) is 23.3. The minimum atomic E-state index is -0.557. The zero-order valence-electron chi connectivity index (χ0n) is 12.7. The van der Waals surface area contributed by atoms with Gasteiger partial charge in [0.05, 0.1) is 5.56 Å². The smallest absolute Gasteiger partial charge is 0.343 e. The van der Waals surface area contributed by atoms with Crippen LogP contribution in [-0.4, -0.2) is 11.2 Å². The normalized spacial score (nSPS) is 11.1. The average Bonchev–Trinajstić information content (AvgIpc) is 2.46. The van der Waals surface area contributed by atoms with Crippen LogP contribution in [0.25, 0.3) is 0 Å². The molecule has 0 unspecified atom stereocenters. The lowest BCUT2D eigenvalue weighted by atomic mass is 9.86. The zero-order chi connectivity index (χ0) is 16.3. The lowest BCUT2D eigenvalue weighted by Crippen LogP contribution is -2.16. The highest BCUT2D eigenvalue weighted by molar-refractivity contribution is 6.67. The van der Waals surface area contributed by atoms with E-state index in [1.807, 2.05) is 18.2 Å². The van der Waals surface area contributed by atoms with Gasteiger partial charge in [0.15, 0.2) is 0 Å². The molecule has 0 aliphatic carbocycles. The van der Waals surface area contributed by atoms with Gasteiger partial charge >= 0.3 is 5.97 Å². The maximum Gasteiger partial charge on any atom is 0.343 e. The van der Waals surface area contributed by atoms with Crippen LogP contribution in [-0.2, 0) is 5.41 Å². The van der Waals surface area contributed by atoms with E-state index in [-0.39, 0.29) is 5.41 Å². The van der Waals surface area contributed by atoms with Gasteiger partial charge in [-0.15, -0.1) is 0 Å². The van der Waals surface area contributed by atoms with Gasteiger partial charge in [-0.3, -0.25) is 4.79 Å². The summed E-state index contributed by atoms with van der Waals surface area (Å²) in [5, 5.41) is -0.557. The Morgan fingerprint density at radius 1 is 0.909 bits per heavy atom. The SMILES string of the molecule is CC(C)(C)c1ccccc1OC(=O)c1ccc(C(=O)Cl)cc1. The molecule has 0 aliphatic heterocycles. The van der Waals surface area contributed by atoms with Gasteiger partial charge in [0.25, 0.3) is 5.24 Å². The predicted molar refractivity (Wildman–Crippen MR) is 86.7 cm³/mol. The van der Waals surface area contributed by atoms with Crippen LogP contribution >= 0.6 is 11.6 Å². The Balaban J connectivity index is 2.24. The van der Waals surface area contributed by atoms with Crippen molar-refractivity contribution in [1.82, 2.24) is 0 Å². The number of para-hydroxylation sites is 1. The second kappa shape index (κ2) is 6.32. The van der Waals surface area contributed by atoms with Crippen LogP contribution in [0.3, 0.4) is 0 Å². The molecule has 0 radical (unpaired) electrons. The van der Waals surface area contributed by atoms with E-state index >= 15 is 0 Å². The molecule has 3 nitrogen and oxygen atoms in total. The van der Waals surface area contributed by atoms with Crippen LogP contribution in [0.2, 0.25) is 0 Å². The summed E-state index contributed by atoms with van der Waals surface area (Å²) in [6.07, 6.45) is 0. The van der Waals surface area contributed by atoms with Crippen molar-refractivity contribution >= 4 is 22.8 Å². The summed E-state index contributed by atoms with van der Waals surface area (Å²) in [6.45, 7) is 6.17. The fourth-order valence-corrected chi connectivity index (χ4v) is 2.20. The summed E-state index contributed by atoms with van der Waals surface area (Å²) in [7, 11) is 0. The van der Waals surface area contributed by atoms with Crippen molar-refractivity contribution in [2.75, 3.05) is 0 Å². The van der Waals surface area contributed by atoms with E-state index in [0.29, 0.717) is 16.9 Å². The van der Waals surface area contributed by atoms with Gasteiger partial charge in [0.1, 0.15) is 5.75 Å². The number of benzene rings is 2. The van der Waals surface area contributed by atoms with Gasteiger partial charge in [-0.1, -0.05) is 39.0 Å². The van der Waals surface area contributed by atoms with Crippen LogP contribution in [0.1, 0.15) is 47.1 Å². The Bertz CT molecular complexity index is 697. The Morgan fingerprint density at radius 2 is 1.45 bits per heavy atom. The monoisotopic (exact) mass is 316 g/mol. The first kappa shape index (κ1) is 16.2. The number of halogens is 1. The first-order valence-corrected chi connectivity index (χ1v) is 7.28. The molecule has 0 saturated carbocycles. The van der Waals surface area contributed by atoms with E-state index in [1.165, 1.54) is 24.3 Å². The van der Waals surface area contributed by atoms with Crippen LogP contribution in [0.15, 0.2) is 48.5 Å². The first-order chi connectivity index (χ1) is 10.3. The molecule has 0 heterocycles. The molecule has 0 fully saturated rings. The molecular weight excluding hydrogens is 300 g/mol. The van der Waals surface area contributed by atoms with E-state index in [2.05, 4.69) is 20.8 Å². The van der Waals surface area contributed by atoms with Gasteiger partial charge < -0.3 is 4.74 Å². The molecule has 0 aromatic heterocycles. The predicted octanol–water partition coefficient (Wildman–Crippen LogP) is 4.58. The number of hydrogen-bond acceptors (Lipinski definition) is 3. The van der Waals surface area contributed by atoms with E-state index in [0.717, 1.165) is 5.56 Å². The van der Waals surface area contributed by atoms with Crippen molar-refractivity contribution in [3.63, 3.8) is 0 Å². The summed E-state index contributed by atoms with van der Waals surface area (Å²) in [5.41, 5.74) is 1.53. The molecule has 2 rings (SSSR count). The van der Waals surface area contributed by atoms with Gasteiger partial charge in [-0.25, -0.2) is 4.79 Å². The highest BCUT2D eigenvalue weighted by Gasteiger charge is 2.20. The summed E-state index contributed by atoms with van der Waals surface area (Å²) in [5.74, 6) is 0.0720. The Kier molecular flexibility index (Phi) is 4.67. The fraction of sp³-hybridized carbons (Fsp3) is 0.222. The molecule has 0 amide bonds. The number of hydrogen-bond donors (Lipinski definition) is 0. The number of esters is 1. The third kappa shape index (κ3) is 3.74. The Hall–Kier alpha value is -2.13. The Morgan fingerprint density at radius 3 is 2.00 bits per heavy atom. The quantitative estimate of drug-likeness (QED) is 0.473. The fourth-order valence-electron chi connectivity index (χ4n) is 2.07. The number of carbonyl (C=O) groups is 2. The van der Waals surface area contributed by atoms with Crippen molar-refractivity contribution in [3.8, 4) is 5.75 Å². The number of carbonyl (C=O) groups excluding carboxylic acids is 2. The lowest BCUT2D eigenvalue weighted by molar-refractivity contribution is 0.0731. The second-order valence-electron chi connectivity index (χ2n) is 5.99. The van der Waals surface area contributed by atoms with Gasteiger partial charge in [-0.2, -0.15) is 0 Å².